The molecule has 2 atom stereocenters. The number of anilines is 1. The highest BCUT2D eigenvalue weighted by atomic mass is 32.2. The summed E-state index contributed by atoms with van der Waals surface area (Å²) in [5.74, 6) is -0.122. The lowest BCUT2D eigenvalue weighted by Crippen LogP contribution is -2.42. The number of unbranched alkanes of at least 4 members (excludes halogenated alkanes) is 1. The van der Waals surface area contributed by atoms with Gasteiger partial charge in [0.1, 0.15) is 0 Å². The van der Waals surface area contributed by atoms with Gasteiger partial charge in [-0.1, -0.05) is 31.9 Å². The summed E-state index contributed by atoms with van der Waals surface area (Å²) in [5, 5.41) is 3.22. The summed E-state index contributed by atoms with van der Waals surface area (Å²) in [4.78, 5) is 33.5. The average Bonchev–Trinajstić information content (AvgIpc) is 3.24. The van der Waals surface area contributed by atoms with Crippen LogP contribution in [0.25, 0.3) is 5.65 Å². The number of aryl methyl sites for hydroxylation is 2. The van der Waals surface area contributed by atoms with Gasteiger partial charge in [-0.3, -0.25) is 19.4 Å². The van der Waals surface area contributed by atoms with Gasteiger partial charge < -0.3 is 4.90 Å². The van der Waals surface area contributed by atoms with Crippen LogP contribution in [0.1, 0.15) is 78.4 Å². The van der Waals surface area contributed by atoms with Crippen LogP contribution in [0.5, 0.6) is 0 Å². The van der Waals surface area contributed by atoms with E-state index in [1.165, 1.54) is 4.52 Å². The second-order valence-corrected chi connectivity index (χ2v) is 11.7. The maximum atomic E-state index is 13.9. The number of sulfonamides is 1. The Balaban J connectivity index is 1.77. The normalized spacial score (nSPS) is 18.5. The Morgan fingerprint density at radius 3 is 2.69 bits per heavy atom. The summed E-state index contributed by atoms with van der Waals surface area (Å²) in [6, 6.07) is 6.67. The second-order valence-electron chi connectivity index (χ2n) is 9.98. The lowest BCUT2D eigenvalue weighted by Gasteiger charge is -2.39. The first-order valence-corrected chi connectivity index (χ1v) is 14.4. The highest BCUT2D eigenvalue weighted by Gasteiger charge is 2.36. The van der Waals surface area contributed by atoms with E-state index in [1.54, 1.807) is 30.0 Å². The van der Waals surface area contributed by atoms with E-state index < -0.39 is 10.0 Å². The number of hydrogen-bond acceptors (Lipinski definition) is 5. The largest absolute Gasteiger partial charge is 0.330 e. The zero-order valence-corrected chi connectivity index (χ0v) is 22.4. The molecule has 194 valence electrons. The van der Waals surface area contributed by atoms with Gasteiger partial charge in [0.05, 0.1) is 34.9 Å². The van der Waals surface area contributed by atoms with Gasteiger partial charge in [0.2, 0.25) is 10.0 Å². The van der Waals surface area contributed by atoms with Crippen LogP contribution in [0.3, 0.4) is 0 Å². The Labute approximate surface area is 212 Å². The van der Waals surface area contributed by atoms with Crippen molar-refractivity contribution in [3.8, 4) is 0 Å². The topological polar surface area (TPSA) is 117 Å². The van der Waals surface area contributed by atoms with Crippen molar-refractivity contribution >= 4 is 27.3 Å². The molecule has 2 unspecified atom stereocenters. The van der Waals surface area contributed by atoms with Crippen LogP contribution >= 0.6 is 0 Å². The lowest BCUT2D eigenvalue weighted by atomic mass is 9.88. The molecule has 4 rings (SSSR count). The van der Waals surface area contributed by atoms with Crippen molar-refractivity contribution in [2.24, 2.45) is 5.92 Å². The molecule has 0 spiro atoms. The maximum absolute atomic E-state index is 13.9. The van der Waals surface area contributed by atoms with Gasteiger partial charge in [0.15, 0.2) is 5.65 Å². The molecule has 0 bridgehead atoms. The van der Waals surface area contributed by atoms with Crippen molar-refractivity contribution in [3.05, 3.63) is 62.7 Å². The number of amides is 1. The van der Waals surface area contributed by atoms with E-state index in [-0.39, 0.29) is 29.1 Å². The molecule has 1 aliphatic rings. The van der Waals surface area contributed by atoms with Crippen LogP contribution in [0.4, 0.5) is 5.69 Å². The SMILES string of the molecule is CCCCc1nc2cc(C3C(C)CCCN3C(=O)c3cc(C)ccc3NS(C)(=O)=O)[nH]n2c(=O)c1C. The summed E-state index contributed by atoms with van der Waals surface area (Å²) in [6.07, 6.45) is 5.56. The number of piperidine rings is 1. The molecule has 1 amide bonds. The highest BCUT2D eigenvalue weighted by molar-refractivity contribution is 7.92. The van der Waals surface area contributed by atoms with E-state index in [0.29, 0.717) is 23.3 Å². The molecule has 0 aliphatic carbocycles. The van der Waals surface area contributed by atoms with Crippen molar-refractivity contribution in [3.63, 3.8) is 0 Å². The smallest absolute Gasteiger partial charge is 0.275 e. The third-order valence-electron chi connectivity index (χ3n) is 6.94. The molecule has 9 nitrogen and oxygen atoms in total. The van der Waals surface area contributed by atoms with Crippen molar-refractivity contribution in [2.75, 3.05) is 17.5 Å². The quantitative estimate of drug-likeness (QED) is 0.496. The van der Waals surface area contributed by atoms with Crippen LogP contribution in [0.15, 0.2) is 29.1 Å². The predicted molar refractivity (Wildman–Crippen MR) is 141 cm³/mol. The predicted octanol–water partition coefficient (Wildman–Crippen LogP) is 3.97. The van der Waals surface area contributed by atoms with Gasteiger partial charge in [-0.05, 0) is 57.6 Å². The summed E-state index contributed by atoms with van der Waals surface area (Å²) in [6.45, 7) is 8.40. The minimum atomic E-state index is -3.56. The van der Waals surface area contributed by atoms with Crippen molar-refractivity contribution in [1.82, 2.24) is 19.5 Å². The first-order valence-electron chi connectivity index (χ1n) is 12.5. The summed E-state index contributed by atoms with van der Waals surface area (Å²) in [5.41, 5.74) is 4.04. The minimum absolute atomic E-state index is 0.128. The molecule has 3 heterocycles. The fourth-order valence-corrected chi connectivity index (χ4v) is 5.66. The van der Waals surface area contributed by atoms with E-state index in [0.717, 1.165) is 55.3 Å². The molecule has 0 radical (unpaired) electrons. The number of carbonyl (C=O) groups excluding carboxylic acids is 1. The number of aromatic nitrogens is 3. The third kappa shape index (κ3) is 5.18. The van der Waals surface area contributed by atoms with Crippen molar-refractivity contribution in [1.29, 1.82) is 0 Å². The van der Waals surface area contributed by atoms with Crippen LogP contribution in [0, 0.1) is 19.8 Å². The number of nitrogens with zero attached hydrogens (tertiary/aromatic N) is 3. The zero-order valence-electron chi connectivity index (χ0n) is 21.6. The molecule has 1 saturated heterocycles. The number of aromatic amines is 1. The van der Waals surface area contributed by atoms with Gasteiger partial charge in [-0.2, -0.15) is 0 Å². The summed E-state index contributed by atoms with van der Waals surface area (Å²) in [7, 11) is -3.56. The van der Waals surface area contributed by atoms with E-state index in [1.807, 2.05) is 13.0 Å². The van der Waals surface area contributed by atoms with E-state index in [9.17, 15) is 18.0 Å². The standard InChI is InChI=1S/C26H35N5O4S/c1-6-7-10-20-18(4)25(32)31-23(27-20)15-22(28-31)24-17(3)9-8-13-30(24)26(33)19-14-16(2)11-12-21(19)29-36(5,34)35/h11-12,14-15,17,24,28-29H,6-10,13H2,1-5H3. The third-order valence-corrected chi connectivity index (χ3v) is 7.53. The Kier molecular flexibility index (Phi) is 7.26. The molecule has 2 N–H and O–H groups in total. The molecule has 1 aromatic carbocycles. The number of likely N-dealkylation sites (tertiary alicyclic amines) is 1. The number of fused-ring (bicyclic) bond motifs is 1. The molecule has 0 saturated carbocycles. The fraction of sp³-hybridized carbons (Fsp3) is 0.500. The number of H-pyrrole nitrogens is 1. The second kappa shape index (κ2) is 10.1. The number of nitrogens with one attached hydrogen (secondary N) is 2. The van der Waals surface area contributed by atoms with Crippen molar-refractivity contribution < 1.29 is 13.2 Å². The molecular weight excluding hydrogens is 478 g/mol. The molecule has 3 aromatic rings. The van der Waals surface area contributed by atoms with Crippen LogP contribution < -0.4 is 10.3 Å². The molecule has 36 heavy (non-hydrogen) atoms. The Hall–Kier alpha value is -3.14. The van der Waals surface area contributed by atoms with E-state index in [2.05, 4.69) is 23.7 Å². The van der Waals surface area contributed by atoms with Gasteiger partial charge in [-0.25, -0.2) is 17.9 Å². The van der Waals surface area contributed by atoms with Crippen LogP contribution in [0.2, 0.25) is 0 Å². The average molecular weight is 514 g/mol. The molecule has 2 aromatic heterocycles. The maximum Gasteiger partial charge on any atom is 0.275 e. The highest BCUT2D eigenvalue weighted by Crippen LogP contribution is 2.37. The molecular formula is C26H35N5O4S. The molecule has 10 heteroatoms. The Morgan fingerprint density at radius 1 is 1.25 bits per heavy atom. The van der Waals surface area contributed by atoms with E-state index in [4.69, 9.17) is 4.98 Å². The van der Waals surface area contributed by atoms with Gasteiger partial charge in [0, 0.05) is 18.2 Å². The number of carbonyl (C=O) groups is 1. The van der Waals surface area contributed by atoms with Crippen LogP contribution in [-0.2, 0) is 16.4 Å². The molecule has 1 fully saturated rings. The van der Waals surface area contributed by atoms with Crippen molar-refractivity contribution in [2.45, 2.75) is 65.8 Å². The van der Waals surface area contributed by atoms with Gasteiger partial charge in [0.25, 0.3) is 11.5 Å². The fourth-order valence-electron chi connectivity index (χ4n) is 5.08. The summed E-state index contributed by atoms with van der Waals surface area (Å²) >= 11 is 0. The van der Waals surface area contributed by atoms with Gasteiger partial charge in [-0.15, -0.1) is 0 Å². The Morgan fingerprint density at radius 2 is 2.00 bits per heavy atom. The van der Waals surface area contributed by atoms with E-state index >= 15 is 0 Å². The first-order chi connectivity index (χ1) is 17.0. The lowest BCUT2D eigenvalue weighted by molar-refractivity contribution is 0.0505. The number of rotatable bonds is 7. The monoisotopic (exact) mass is 513 g/mol. The molecule has 1 aliphatic heterocycles. The number of benzene rings is 1. The zero-order chi connectivity index (χ0) is 26.2. The number of hydrogen-bond donors (Lipinski definition) is 2. The Bertz CT molecular complexity index is 1460. The van der Waals surface area contributed by atoms with Crippen LogP contribution in [-0.4, -0.2) is 46.6 Å². The van der Waals surface area contributed by atoms with Gasteiger partial charge >= 0.3 is 0 Å². The summed E-state index contributed by atoms with van der Waals surface area (Å²) < 4.78 is 27.8. The minimum Gasteiger partial charge on any atom is -0.330 e. The first kappa shape index (κ1) is 25.9.